The molecule has 452 valence electrons. The summed E-state index contributed by atoms with van der Waals surface area (Å²) in [6.45, 7) is 6.55. The molecule has 6 heteroatoms. The average molecular weight is 1090 g/mol. The van der Waals surface area contributed by atoms with Gasteiger partial charge in [-0.15, -0.1) is 0 Å². The van der Waals surface area contributed by atoms with E-state index in [1.807, 2.05) is 0 Å². The predicted molar refractivity (Wildman–Crippen MR) is 339 cm³/mol. The molecule has 0 aliphatic carbocycles. The van der Waals surface area contributed by atoms with E-state index in [-0.39, 0.29) is 31.1 Å². The minimum absolute atomic E-state index is 0.0773. The van der Waals surface area contributed by atoms with Crippen molar-refractivity contribution in [2.45, 2.75) is 354 Å². The summed E-state index contributed by atoms with van der Waals surface area (Å²) >= 11 is 0. The highest BCUT2D eigenvalue weighted by molar-refractivity contribution is 5.71. The Bertz CT molecular complexity index is 1440. The molecule has 0 radical (unpaired) electrons. The van der Waals surface area contributed by atoms with Gasteiger partial charge < -0.3 is 14.2 Å². The molecule has 0 aromatic rings. The molecule has 0 amide bonds. The standard InChI is InChI=1S/C72H128O6/c1-4-7-10-13-16-19-22-25-28-30-32-33-34-35-36-37-38-39-41-42-44-47-50-53-56-59-62-65-71(74)77-68-69(67-76-70(73)64-61-58-55-52-49-46-27-24-21-18-15-12-9-6-3)78-72(75)66-63-60-57-54-51-48-45-43-40-31-29-26-23-20-17-14-11-8-5-2/h8,11,17,20,22,25-26,29-30,32,40,43,69H,4-7,9-10,12-16,18-19,21,23-24,27-28,31,33-39,41-42,44-68H2,1-3H3/b11-8-,20-17-,25-22-,29-26-,32-30-,43-40-. The first kappa shape index (κ1) is 74.8. The van der Waals surface area contributed by atoms with Crippen molar-refractivity contribution in [1.29, 1.82) is 0 Å². The van der Waals surface area contributed by atoms with Gasteiger partial charge in [-0.25, -0.2) is 0 Å². The van der Waals surface area contributed by atoms with E-state index in [4.69, 9.17) is 14.2 Å². The number of carbonyl (C=O) groups excluding carboxylic acids is 3. The van der Waals surface area contributed by atoms with Crippen molar-refractivity contribution in [3.63, 3.8) is 0 Å². The zero-order chi connectivity index (χ0) is 56.4. The normalized spacial score (nSPS) is 12.5. The van der Waals surface area contributed by atoms with Gasteiger partial charge >= 0.3 is 17.9 Å². The van der Waals surface area contributed by atoms with Crippen molar-refractivity contribution in [3.05, 3.63) is 72.9 Å². The number of ether oxygens (including phenoxy) is 3. The van der Waals surface area contributed by atoms with Gasteiger partial charge in [0, 0.05) is 19.3 Å². The molecule has 0 spiro atoms. The second-order valence-electron chi connectivity index (χ2n) is 22.7. The Kier molecular flexibility index (Phi) is 63.7. The third kappa shape index (κ3) is 63.7. The van der Waals surface area contributed by atoms with Gasteiger partial charge in [0.1, 0.15) is 13.2 Å². The Morgan fingerprint density at radius 3 is 0.782 bits per heavy atom. The summed E-state index contributed by atoms with van der Waals surface area (Å²) in [6.07, 6.45) is 86.3. The summed E-state index contributed by atoms with van der Waals surface area (Å²) in [6, 6.07) is 0. The van der Waals surface area contributed by atoms with Crippen LogP contribution in [0, 0.1) is 0 Å². The van der Waals surface area contributed by atoms with E-state index in [0.717, 1.165) is 103 Å². The van der Waals surface area contributed by atoms with E-state index in [0.29, 0.717) is 19.3 Å². The largest absolute Gasteiger partial charge is 0.462 e. The molecular formula is C72H128O6. The van der Waals surface area contributed by atoms with Crippen LogP contribution in [-0.4, -0.2) is 37.2 Å². The highest BCUT2D eigenvalue weighted by atomic mass is 16.6. The second-order valence-corrected chi connectivity index (χ2v) is 22.7. The molecule has 1 atom stereocenters. The van der Waals surface area contributed by atoms with Crippen LogP contribution in [0.15, 0.2) is 72.9 Å². The van der Waals surface area contributed by atoms with Gasteiger partial charge in [-0.3, -0.25) is 14.4 Å². The molecule has 0 saturated heterocycles. The van der Waals surface area contributed by atoms with E-state index >= 15 is 0 Å². The lowest BCUT2D eigenvalue weighted by Crippen LogP contribution is -2.30. The van der Waals surface area contributed by atoms with E-state index in [1.54, 1.807) is 0 Å². The van der Waals surface area contributed by atoms with Crippen LogP contribution in [-0.2, 0) is 28.6 Å². The number of hydrogen-bond acceptors (Lipinski definition) is 6. The Hall–Kier alpha value is -3.15. The van der Waals surface area contributed by atoms with Crippen LogP contribution in [0.4, 0.5) is 0 Å². The lowest BCUT2D eigenvalue weighted by Gasteiger charge is -2.18. The lowest BCUT2D eigenvalue weighted by molar-refractivity contribution is -0.167. The van der Waals surface area contributed by atoms with Gasteiger partial charge in [-0.1, -0.05) is 312 Å². The molecule has 0 aliphatic rings. The molecule has 0 fully saturated rings. The van der Waals surface area contributed by atoms with E-state index < -0.39 is 6.10 Å². The summed E-state index contributed by atoms with van der Waals surface area (Å²) < 4.78 is 17.0. The van der Waals surface area contributed by atoms with Gasteiger partial charge in [-0.2, -0.15) is 0 Å². The highest BCUT2D eigenvalue weighted by Gasteiger charge is 2.19. The van der Waals surface area contributed by atoms with Gasteiger partial charge in [-0.05, 0) is 89.9 Å². The zero-order valence-electron chi connectivity index (χ0n) is 51.9. The van der Waals surface area contributed by atoms with Crippen LogP contribution in [0.25, 0.3) is 0 Å². The lowest BCUT2D eigenvalue weighted by atomic mass is 10.0. The summed E-state index contributed by atoms with van der Waals surface area (Å²) in [5.74, 6) is -0.872. The molecule has 0 aliphatic heterocycles. The molecule has 0 bridgehead atoms. The molecule has 1 unspecified atom stereocenters. The van der Waals surface area contributed by atoms with Gasteiger partial charge in [0.2, 0.25) is 0 Å². The number of esters is 3. The Morgan fingerprint density at radius 1 is 0.269 bits per heavy atom. The van der Waals surface area contributed by atoms with Crippen molar-refractivity contribution in [1.82, 2.24) is 0 Å². The predicted octanol–water partition coefficient (Wildman–Crippen LogP) is 23.3. The minimum Gasteiger partial charge on any atom is -0.462 e. The monoisotopic (exact) mass is 1090 g/mol. The summed E-state index contributed by atoms with van der Waals surface area (Å²) in [7, 11) is 0. The fourth-order valence-corrected chi connectivity index (χ4v) is 9.88. The van der Waals surface area contributed by atoms with Crippen LogP contribution in [0.2, 0.25) is 0 Å². The maximum atomic E-state index is 12.9. The molecule has 0 heterocycles. The number of allylic oxidation sites excluding steroid dienone is 12. The fraction of sp³-hybridized carbons (Fsp3) is 0.792. The van der Waals surface area contributed by atoms with Crippen molar-refractivity contribution in [3.8, 4) is 0 Å². The average Bonchev–Trinajstić information content (AvgIpc) is 3.44. The van der Waals surface area contributed by atoms with Crippen LogP contribution in [0.5, 0.6) is 0 Å². The minimum atomic E-state index is -0.782. The van der Waals surface area contributed by atoms with E-state index in [2.05, 4.69) is 93.7 Å². The zero-order valence-corrected chi connectivity index (χ0v) is 51.9. The van der Waals surface area contributed by atoms with Crippen LogP contribution < -0.4 is 0 Å². The molecule has 0 N–H and O–H groups in total. The molecule has 6 nitrogen and oxygen atoms in total. The number of rotatable bonds is 62. The topological polar surface area (TPSA) is 78.9 Å². The van der Waals surface area contributed by atoms with Crippen molar-refractivity contribution in [2.24, 2.45) is 0 Å². The SMILES string of the molecule is CC/C=C\C/C=C\C/C=C\C/C=C\CCCCCCCCC(=O)OC(COC(=O)CCCCCCCCCCCCCCCC)COC(=O)CCCCCCCCCCCCCCCCC/C=C\C/C=C\CCCCCCC. The first-order chi connectivity index (χ1) is 38.5. The molecule has 0 aromatic carbocycles. The van der Waals surface area contributed by atoms with Crippen LogP contribution in [0.1, 0.15) is 348 Å². The van der Waals surface area contributed by atoms with E-state index in [9.17, 15) is 14.4 Å². The number of unbranched alkanes of at least 4 members (excludes halogenated alkanes) is 39. The molecule has 0 saturated carbocycles. The Morgan fingerprint density at radius 2 is 0.500 bits per heavy atom. The van der Waals surface area contributed by atoms with Gasteiger partial charge in [0.05, 0.1) is 0 Å². The molecular weight excluding hydrogens is 961 g/mol. The van der Waals surface area contributed by atoms with Crippen molar-refractivity contribution < 1.29 is 28.6 Å². The fourth-order valence-electron chi connectivity index (χ4n) is 9.88. The molecule has 0 aromatic heterocycles. The smallest absolute Gasteiger partial charge is 0.306 e. The quantitative estimate of drug-likeness (QED) is 0.0261. The number of carbonyl (C=O) groups is 3. The Balaban J connectivity index is 4.28. The van der Waals surface area contributed by atoms with Crippen molar-refractivity contribution in [2.75, 3.05) is 13.2 Å². The Labute approximate surface area is 484 Å². The van der Waals surface area contributed by atoms with Crippen LogP contribution >= 0.6 is 0 Å². The highest BCUT2D eigenvalue weighted by Crippen LogP contribution is 2.17. The first-order valence-corrected chi connectivity index (χ1v) is 33.9. The summed E-state index contributed by atoms with van der Waals surface area (Å²) in [5.41, 5.74) is 0. The van der Waals surface area contributed by atoms with Gasteiger partial charge in [0.15, 0.2) is 6.10 Å². The maximum Gasteiger partial charge on any atom is 0.306 e. The maximum absolute atomic E-state index is 12.9. The third-order valence-electron chi connectivity index (χ3n) is 14.9. The molecule has 78 heavy (non-hydrogen) atoms. The second kappa shape index (κ2) is 66.4. The molecule has 0 rings (SSSR count). The van der Waals surface area contributed by atoms with Crippen LogP contribution in [0.3, 0.4) is 0 Å². The number of hydrogen-bond donors (Lipinski definition) is 0. The summed E-state index contributed by atoms with van der Waals surface area (Å²) in [4.78, 5) is 38.4. The third-order valence-corrected chi connectivity index (χ3v) is 14.9. The van der Waals surface area contributed by atoms with E-state index in [1.165, 1.54) is 205 Å². The summed E-state index contributed by atoms with van der Waals surface area (Å²) in [5, 5.41) is 0. The van der Waals surface area contributed by atoms with Gasteiger partial charge in [0.25, 0.3) is 0 Å². The van der Waals surface area contributed by atoms with Crippen molar-refractivity contribution >= 4 is 17.9 Å². The first-order valence-electron chi connectivity index (χ1n) is 33.9.